The largest absolute Gasteiger partial charge is 0.462 e. The first-order valence-electron chi connectivity index (χ1n) is 13.0. The predicted molar refractivity (Wildman–Crippen MR) is 133 cm³/mol. The second-order valence-corrected chi connectivity index (χ2v) is 10.8. The van der Waals surface area contributed by atoms with E-state index in [-0.39, 0.29) is 17.8 Å². The van der Waals surface area contributed by atoms with Gasteiger partial charge in [0, 0.05) is 50.5 Å². The summed E-state index contributed by atoms with van der Waals surface area (Å²) in [7, 11) is 0. The third-order valence-corrected chi connectivity index (χ3v) is 8.67. The van der Waals surface area contributed by atoms with Gasteiger partial charge in [-0.3, -0.25) is 9.69 Å². The van der Waals surface area contributed by atoms with Crippen LogP contribution in [0.2, 0.25) is 5.02 Å². The molecule has 1 amide bonds. The second-order valence-electron chi connectivity index (χ2n) is 10.4. The van der Waals surface area contributed by atoms with Gasteiger partial charge in [-0.2, -0.15) is 0 Å². The van der Waals surface area contributed by atoms with Crippen molar-refractivity contribution in [1.29, 1.82) is 0 Å². The minimum atomic E-state index is -0.367. The SMILES string of the molecule is CCOC(=O)c1cc(N2CCN(CC3CCC4C(C3)NC(=O)C3CCCNC34)CC2)ccc1Cl. The molecule has 1 saturated carbocycles. The van der Waals surface area contributed by atoms with E-state index >= 15 is 0 Å². The molecule has 5 rings (SSSR count). The quantitative estimate of drug-likeness (QED) is 0.621. The number of ether oxygens (including phenoxy) is 1. The van der Waals surface area contributed by atoms with Crippen molar-refractivity contribution in [1.82, 2.24) is 15.5 Å². The molecule has 1 aromatic rings. The molecular weight excluding hydrogens is 452 g/mol. The smallest absolute Gasteiger partial charge is 0.339 e. The maximum Gasteiger partial charge on any atom is 0.339 e. The van der Waals surface area contributed by atoms with Crippen molar-refractivity contribution >= 4 is 29.2 Å². The maximum atomic E-state index is 12.7. The van der Waals surface area contributed by atoms with E-state index in [1.807, 2.05) is 12.1 Å². The fraction of sp³-hybridized carbons (Fsp3) is 0.692. The molecule has 0 radical (unpaired) electrons. The Hall–Kier alpha value is -1.83. The highest BCUT2D eigenvalue weighted by Crippen LogP contribution is 2.39. The van der Waals surface area contributed by atoms with Crippen LogP contribution in [0, 0.1) is 17.8 Å². The van der Waals surface area contributed by atoms with Gasteiger partial charge < -0.3 is 20.3 Å². The Bertz CT molecular complexity index is 904. The molecule has 0 aromatic heterocycles. The van der Waals surface area contributed by atoms with Crippen LogP contribution in [0.4, 0.5) is 5.69 Å². The molecule has 7 nitrogen and oxygen atoms in total. The van der Waals surface area contributed by atoms with E-state index < -0.39 is 0 Å². The van der Waals surface area contributed by atoms with Crippen molar-refractivity contribution in [3.05, 3.63) is 28.8 Å². The van der Waals surface area contributed by atoms with Gasteiger partial charge in [-0.15, -0.1) is 0 Å². The van der Waals surface area contributed by atoms with Crippen LogP contribution in [0.5, 0.6) is 0 Å². The van der Waals surface area contributed by atoms with E-state index in [9.17, 15) is 9.59 Å². The number of carbonyl (C=O) groups is 2. The highest BCUT2D eigenvalue weighted by atomic mass is 35.5. The van der Waals surface area contributed by atoms with Gasteiger partial charge in [0.15, 0.2) is 0 Å². The second kappa shape index (κ2) is 10.4. The minimum Gasteiger partial charge on any atom is -0.462 e. The van der Waals surface area contributed by atoms with E-state index in [4.69, 9.17) is 16.3 Å². The molecule has 3 aliphatic heterocycles. The Morgan fingerprint density at radius 2 is 2.00 bits per heavy atom. The Labute approximate surface area is 207 Å². The van der Waals surface area contributed by atoms with Crippen LogP contribution in [0.25, 0.3) is 0 Å². The highest BCUT2D eigenvalue weighted by Gasteiger charge is 2.47. The van der Waals surface area contributed by atoms with Crippen molar-refractivity contribution in [2.45, 2.75) is 51.1 Å². The molecule has 4 aliphatic rings. The van der Waals surface area contributed by atoms with Crippen molar-refractivity contribution in [2.75, 3.05) is 50.8 Å². The van der Waals surface area contributed by atoms with E-state index in [0.29, 0.717) is 41.1 Å². The summed E-state index contributed by atoms with van der Waals surface area (Å²) < 4.78 is 5.15. The van der Waals surface area contributed by atoms with Gasteiger partial charge in [0.25, 0.3) is 0 Å². The average Bonchev–Trinajstić information content (AvgIpc) is 2.85. The van der Waals surface area contributed by atoms with Crippen LogP contribution in [-0.4, -0.2) is 74.7 Å². The number of piperidine rings is 2. The topological polar surface area (TPSA) is 73.9 Å². The molecule has 186 valence electrons. The lowest BCUT2D eigenvalue weighted by atomic mass is 9.67. The molecule has 0 spiro atoms. The molecule has 5 atom stereocenters. The van der Waals surface area contributed by atoms with E-state index in [0.717, 1.165) is 64.2 Å². The van der Waals surface area contributed by atoms with Crippen LogP contribution in [0.15, 0.2) is 18.2 Å². The molecule has 5 unspecified atom stereocenters. The molecule has 2 N–H and O–H groups in total. The predicted octanol–water partition coefficient (Wildman–Crippen LogP) is 2.92. The summed E-state index contributed by atoms with van der Waals surface area (Å²) in [5.41, 5.74) is 1.46. The van der Waals surface area contributed by atoms with Crippen molar-refractivity contribution in [2.24, 2.45) is 17.8 Å². The zero-order valence-electron chi connectivity index (χ0n) is 20.1. The summed E-state index contributed by atoms with van der Waals surface area (Å²) in [6.07, 6.45) is 5.71. The monoisotopic (exact) mass is 488 g/mol. The molecular formula is C26H37ClN4O3. The van der Waals surface area contributed by atoms with Gasteiger partial charge in [-0.1, -0.05) is 11.6 Å². The first-order chi connectivity index (χ1) is 16.5. The number of nitrogens with one attached hydrogen (secondary N) is 2. The van der Waals surface area contributed by atoms with Gasteiger partial charge in [-0.05, 0) is 75.6 Å². The Kier molecular flexibility index (Phi) is 7.32. The van der Waals surface area contributed by atoms with Gasteiger partial charge in [0.1, 0.15) is 0 Å². The van der Waals surface area contributed by atoms with Gasteiger partial charge in [-0.25, -0.2) is 4.79 Å². The van der Waals surface area contributed by atoms with Gasteiger partial charge in [0.2, 0.25) is 5.91 Å². The Morgan fingerprint density at radius 1 is 1.18 bits per heavy atom. The number of benzene rings is 1. The minimum absolute atomic E-state index is 0.178. The fourth-order valence-corrected chi connectivity index (χ4v) is 6.81. The number of amides is 1. The van der Waals surface area contributed by atoms with Crippen LogP contribution in [0.1, 0.15) is 49.4 Å². The summed E-state index contributed by atoms with van der Waals surface area (Å²) >= 11 is 6.24. The lowest BCUT2D eigenvalue weighted by Gasteiger charge is -2.50. The summed E-state index contributed by atoms with van der Waals surface area (Å²) in [5, 5.41) is 7.49. The maximum absolute atomic E-state index is 12.7. The number of esters is 1. The van der Waals surface area contributed by atoms with Gasteiger partial charge >= 0.3 is 5.97 Å². The normalized spacial score (nSPS) is 31.9. The Balaban J connectivity index is 1.14. The summed E-state index contributed by atoms with van der Waals surface area (Å²) in [5.74, 6) is 1.32. The number of anilines is 1. The fourth-order valence-electron chi connectivity index (χ4n) is 6.62. The number of piperazine rings is 1. The van der Waals surface area contributed by atoms with E-state index in [1.165, 1.54) is 12.8 Å². The number of rotatable bonds is 5. The zero-order chi connectivity index (χ0) is 23.7. The van der Waals surface area contributed by atoms with Crippen LogP contribution >= 0.6 is 11.6 Å². The number of halogens is 1. The number of nitrogens with zero attached hydrogens (tertiary/aromatic N) is 2. The molecule has 4 fully saturated rings. The van der Waals surface area contributed by atoms with Crippen LogP contribution in [0.3, 0.4) is 0 Å². The molecule has 34 heavy (non-hydrogen) atoms. The van der Waals surface area contributed by atoms with Crippen molar-refractivity contribution < 1.29 is 14.3 Å². The zero-order valence-corrected chi connectivity index (χ0v) is 20.9. The average molecular weight is 489 g/mol. The number of fused-ring (bicyclic) bond motifs is 3. The lowest BCUT2D eigenvalue weighted by Crippen LogP contribution is -2.64. The number of carbonyl (C=O) groups excluding carboxylic acids is 2. The molecule has 8 heteroatoms. The summed E-state index contributed by atoms with van der Waals surface area (Å²) in [6.45, 7) is 8.14. The summed E-state index contributed by atoms with van der Waals surface area (Å²) in [6, 6.07) is 6.35. The molecule has 0 bridgehead atoms. The third kappa shape index (κ3) is 4.93. The first-order valence-corrected chi connectivity index (χ1v) is 13.4. The lowest BCUT2D eigenvalue weighted by molar-refractivity contribution is -0.133. The number of hydrogen-bond acceptors (Lipinski definition) is 6. The van der Waals surface area contributed by atoms with Crippen molar-refractivity contribution in [3.8, 4) is 0 Å². The van der Waals surface area contributed by atoms with Crippen LogP contribution in [-0.2, 0) is 9.53 Å². The molecule has 3 heterocycles. The van der Waals surface area contributed by atoms with E-state index in [1.54, 1.807) is 13.0 Å². The first kappa shape index (κ1) is 23.9. The highest BCUT2D eigenvalue weighted by molar-refractivity contribution is 6.33. The molecule has 1 aromatic carbocycles. The standard InChI is InChI=1S/C26H37ClN4O3/c1-2-34-26(33)21-15-18(6-8-22(21)27)31-12-10-30(11-13-31)16-17-5-7-19-23(14-17)29-25(32)20-4-3-9-28-24(19)20/h6,8,15,17,19-20,23-24,28H,2-5,7,9-14,16H2,1H3,(H,29,32). The van der Waals surface area contributed by atoms with E-state index in [2.05, 4.69) is 20.4 Å². The number of hydrogen-bond donors (Lipinski definition) is 2. The van der Waals surface area contributed by atoms with Crippen molar-refractivity contribution in [3.63, 3.8) is 0 Å². The van der Waals surface area contributed by atoms with Gasteiger partial charge in [0.05, 0.1) is 23.1 Å². The Morgan fingerprint density at radius 3 is 2.79 bits per heavy atom. The third-order valence-electron chi connectivity index (χ3n) is 8.34. The molecule has 3 saturated heterocycles. The summed E-state index contributed by atoms with van der Waals surface area (Å²) in [4.78, 5) is 29.8. The molecule has 1 aliphatic carbocycles. The van der Waals surface area contributed by atoms with Crippen LogP contribution < -0.4 is 15.5 Å².